The van der Waals surface area contributed by atoms with Crippen molar-refractivity contribution in [2.24, 2.45) is 0 Å². The molecule has 7 heteroatoms. The Labute approximate surface area is 143 Å². The Hall–Kier alpha value is -3.09. The Morgan fingerprint density at radius 3 is 2.76 bits per heavy atom. The largest absolute Gasteiger partial charge is 0.463 e. The van der Waals surface area contributed by atoms with E-state index in [1.165, 1.54) is 23.3 Å². The van der Waals surface area contributed by atoms with E-state index in [9.17, 15) is 14.0 Å². The Kier molecular flexibility index (Phi) is 4.56. The number of hydrogen-bond donors (Lipinski definition) is 1. The SMILES string of the molecule is CN(C)C(=O)CNC(=O)c1cc2occc2n1Cc1cccc(F)c1. The minimum Gasteiger partial charge on any atom is -0.463 e. The number of amides is 2. The number of nitrogens with zero attached hydrogens (tertiary/aromatic N) is 2. The van der Waals surface area contributed by atoms with E-state index < -0.39 is 5.91 Å². The summed E-state index contributed by atoms with van der Waals surface area (Å²) in [6.45, 7) is 0.212. The van der Waals surface area contributed by atoms with Crippen LogP contribution in [0.15, 0.2) is 47.1 Å². The van der Waals surface area contributed by atoms with Crippen LogP contribution in [0.5, 0.6) is 0 Å². The van der Waals surface area contributed by atoms with Crippen molar-refractivity contribution in [2.45, 2.75) is 6.54 Å². The summed E-state index contributed by atoms with van der Waals surface area (Å²) in [6, 6.07) is 9.55. The Morgan fingerprint density at radius 2 is 2.04 bits per heavy atom. The van der Waals surface area contributed by atoms with Crippen molar-refractivity contribution < 1.29 is 18.4 Å². The van der Waals surface area contributed by atoms with Gasteiger partial charge in [0.15, 0.2) is 5.58 Å². The minimum atomic E-state index is -0.391. The normalized spacial score (nSPS) is 10.8. The zero-order chi connectivity index (χ0) is 18.0. The molecule has 0 radical (unpaired) electrons. The van der Waals surface area contributed by atoms with Crippen LogP contribution in [0.4, 0.5) is 4.39 Å². The van der Waals surface area contributed by atoms with E-state index in [4.69, 9.17) is 4.42 Å². The number of nitrogens with one attached hydrogen (secondary N) is 1. The highest BCUT2D eigenvalue weighted by atomic mass is 19.1. The molecule has 2 heterocycles. The van der Waals surface area contributed by atoms with Crippen LogP contribution >= 0.6 is 0 Å². The van der Waals surface area contributed by atoms with Gasteiger partial charge in [0.1, 0.15) is 11.5 Å². The maximum atomic E-state index is 13.4. The fourth-order valence-electron chi connectivity index (χ4n) is 2.56. The monoisotopic (exact) mass is 343 g/mol. The van der Waals surface area contributed by atoms with Gasteiger partial charge in [-0.15, -0.1) is 0 Å². The van der Waals surface area contributed by atoms with E-state index in [1.807, 2.05) is 0 Å². The second-order valence-corrected chi connectivity index (χ2v) is 5.89. The molecule has 3 rings (SSSR count). The zero-order valence-corrected chi connectivity index (χ0v) is 14.0. The average Bonchev–Trinajstić information content (AvgIpc) is 3.15. The lowest BCUT2D eigenvalue weighted by atomic mass is 10.2. The quantitative estimate of drug-likeness (QED) is 0.772. The highest BCUT2D eigenvalue weighted by Crippen LogP contribution is 2.22. The molecule has 0 atom stereocenters. The number of benzene rings is 1. The van der Waals surface area contributed by atoms with E-state index in [2.05, 4.69) is 5.32 Å². The maximum absolute atomic E-state index is 13.4. The fourth-order valence-corrected chi connectivity index (χ4v) is 2.56. The predicted octanol–water partition coefficient (Wildman–Crippen LogP) is 2.24. The number of hydrogen-bond acceptors (Lipinski definition) is 3. The lowest BCUT2D eigenvalue weighted by molar-refractivity contribution is -0.127. The van der Waals surface area contributed by atoms with E-state index in [-0.39, 0.29) is 18.3 Å². The molecule has 0 spiro atoms. The number of likely N-dealkylation sites (N-methyl/N-ethyl adjacent to an activating group) is 1. The molecular weight excluding hydrogens is 325 g/mol. The van der Waals surface area contributed by atoms with Crippen molar-refractivity contribution in [2.75, 3.05) is 20.6 Å². The van der Waals surface area contributed by atoms with Gasteiger partial charge in [-0.3, -0.25) is 9.59 Å². The highest BCUT2D eigenvalue weighted by Gasteiger charge is 2.18. The highest BCUT2D eigenvalue weighted by molar-refractivity contribution is 5.99. The Balaban J connectivity index is 1.89. The number of furan rings is 1. The van der Waals surface area contributed by atoms with Gasteiger partial charge in [0.25, 0.3) is 5.91 Å². The molecule has 0 aliphatic heterocycles. The minimum absolute atomic E-state index is 0.0989. The Bertz CT molecular complexity index is 927. The molecule has 0 aliphatic rings. The lowest BCUT2D eigenvalue weighted by Crippen LogP contribution is -2.37. The van der Waals surface area contributed by atoms with Gasteiger partial charge in [-0.2, -0.15) is 0 Å². The summed E-state index contributed by atoms with van der Waals surface area (Å²) in [4.78, 5) is 25.6. The van der Waals surface area contributed by atoms with Crippen LogP contribution in [-0.2, 0) is 11.3 Å². The molecule has 2 amide bonds. The number of rotatable bonds is 5. The van der Waals surface area contributed by atoms with Crippen LogP contribution in [0.1, 0.15) is 16.1 Å². The standard InChI is InChI=1S/C18H18FN3O3/c1-21(2)17(23)10-20-18(24)15-9-16-14(6-7-25-16)22(15)11-12-4-3-5-13(19)8-12/h3-9H,10-11H2,1-2H3,(H,20,24). The molecule has 0 saturated carbocycles. The smallest absolute Gasteiger partial charge is 0.268 e. The van der Waals surface area contributed by atoms with Gasteiger partial charge in [-0.05, 0) is 17.7 Å². The van der Waals surface area contributed by atoms with Crippen molar-refractivity contribution in [3.8, 4) is 0 Å². The van der Waals surface area contributed by atoms with Crippen LogP contribution in [0, 0.1) is 5.82 Å². The molecule has 0 bridgehead atoms. The van der Waals surface area contributed by atoms with Crippen molar-refractivity contribution in [1.29, 1.82) is 0 Å². The first kappa shape index (κ1) is 16.8. The number of halogens is 1. The molecule has 6 nitrogen and oxygen atoms in total. The summed E-state index contributed by atoms with van der Waals surface area (Å²) in [7, 11) is 3.24. The van der Waals surface area contributed by atoms with Crippen molar-refractivity contribution in [3.05, 3.63) is 59.7 Å². The van der Waals surface area contributed by atoms with Crippen molar-refractivity contribution >= 4 is 22.9 Å². The molecule has 1 aromatic carbocycles. The summed E-state index contributed by atoms with van der Waals surface area (Å²) in [5.74, 6) is -0.936. The topological polar surface area (TPSA) is 67.5 Å². The van der Waals surface area contributed by atoms with E-state index >= 15 is 0 Å². The number of carbonyl (C=O) groups is 2. The maximum Gasteiger partial charge on any atom is 0.268 e. The number of fused-ring (bicyclic) bond motifs is 1. The summed E-state index contributed by atoms with van der Waals surface area (Å²) in [6.07, 6.45) is 1.53. The molecule has 0 aliphatic carbocycles. The molecular formula is C18H18FN3O3. The second-order valence-electron chi connectivity index (χ2n) is 5.89. The summed E-state index contributed by atoms with van der Waals surface area (Å²) in [5, 5.41) is 2.60. The molecule has 0 fully saturated rings. The zero-order valence-electron chi connectivity index (χ0n) is 14.0. The third-order valence-electron chi connectivity index (χ3n) is 3.88. The van der Waals surface area contributed by atoms with Crippen LogP contribution in [-0.4, -0.2) is 41.9 Å². The van der Waals surface area contributed by atoms with Gasteiger partial charge < -0.3 is 19.2 Å². The van der Waals surface area contributed by atoms with E-state index in [1.54, 1.807) is 42.9 Å². The first-order valence-electron chi connectivity index (χ1n) is 7.75. The fraction of sp³-hybridized carbons (Fsp3) is 0.222. The van der Waals surface area contributed by atoms with Crippen LogP contribution in [0.3, 0.4) is 0 Å². The first-order chi connectivity index (χ1) is 12.0. The summed E-state index contributed by atoms with van der Waals surface area (Å²) < 4.78 is 20.5. The summed E-state index contributed by atoms with van der Waals surface area (Å²) in [5.41, 5.74) is 2.36. The molecule has 2 aromatic heterocycles. The number of aromatic nitrogens is 1. The second kappa shape index (κ2) is 6.80. The van der Waals surface area contributed by atoms with E-state index in [0.717, 1.165) is 11.1 Å². The Morgan fingerprint density at radius 1 is 1.24 bits per heavy atom. The van der Waals surface area contributed by atoms with Crippen molar-refractivity contribution in [3.63, 3.8) is 0 Å². The van der Waals surface area contributed by atoms with Crippen molar-refractivity contribution in [1.82, 2.24) is 14.8 Å². The third kappa shape index (κ3) is 3.55. The van der Waals surface area contributed by atoms with Gasteiger partial charge in [0.2, 0.25) is 5.91 Å². The molecule has 25 heavy (non-hydrogen) atoms. The van der Waals surface area contributed by atoms with Gasteiger partial charge in [0, 0.05) is 32.8 Å². The molecule has 3 aromatic rings. The molecule has 0 saturated heterocycles. The van der Waals surface area contributed by atoms with Gasteiger partial charge in [-0.1, -0.05) is 12.1 Å². The molecule has 130 valence electrons. The summed E-state index contributed by atoms with van der Waals surface area (Å²) >= 11 is 0. The third-order valence-corrected chi connectivity index (χ3v) is 3.88. The van der Waals surface area contributed by atoms with E-state index in [0.29, 0.717) is 17.8 Å². The number of carbonyl (C=O) groups excluding carboxylic acids is 2. The van der Waals surface area contributed by atoms with Gasteiger partial charge in [0.05, 0.1) is 18.3 Å². The van der Waals surface area contributed by atoms with Crippen LogP contribution in [0.2, 0.25) is 0 Å². The van der Waals surface area contributed by atoms with Crippen LogP contribution in [0.25, 0.3) is 11.1 Å². The lowest BCUT2D eigenvalue weighted by Gasteiger charge is -2.13. The molecule has 1 N–H and O–H groups in total. The van der Waals surface area contributed by atoms with Crippen LogP contribution < -0.4 is 5.32 Å². The predicted molar refractivity (Wildman–Crippen MR) is 90.7 cm³/mol. The van der Waals surface area contributed by atoms with Gasteiger partial charge >= 0.3 is 0 Å². The average molecular weight is 343 g/mol. The first-order valence-corrected chi connectivity index (χ1v) is 7.75. The van der Waals surface area contributed by atoms with Gasteiger partial charge in [-0.25, -0.2) is 4.39 Å². The molecule has 0 unspecified atom stereocenters.